The molecule has 4 aromatic heterocycles. The van der Waals surface area contributed by atoms with Crippen molar-refractivity contribution >= 4 is 23.4 Å². The van der Waals surface area contributed by atoms with Gasteiger partial charge in [-0.3, -0.25) is 18.5 Å². The van der Waals surface area contributed by atoms with Crippen molar-refractivity contribution < 1.29 is 4.74 Å². The quantitative estimate of drug-likeness (QED) is 0.264. The molecule has 4 heterocycles. The predicted octanol–water partition coefficient (Wildman–Crippen LogP) is 5.43. The van der Waals surface area contributed by atoms with E-state index in [9.17, 15) is 10.1 Å². The largest absolute Gasteiger partial charge is 0.479 e. The van der Waals surface area contributed by atoms with Crippen LogP contribution < -0.4 is 10.4 Å². The maximum absolute atomic E-state index is 13.9. The molecule has 0 amide bonds. The molecule has 1 saturated carbocycles. The van der Waals surface area contributed by atoms with E-state index in [1.54, 1.807) is 16.4 Å². The molecule has 5 aromatic rings. The Kier molecular flexibility index (Phi) is 6.85. The highest BCUT2D eigenvalue weighted by Crippen LogP contribution is 2.49. The van der Waals surface area contributed by atoms with Crippen molar-refractivity contribution in [2.45, 2.75) is 45.1 Å². The summed E-state index contributed by atoms with van der Waals surface area (Å²) in [6.07, 6.45) is 7.83. The van der Waals surface area contributed by atoms with Crippen LogP contribution in [0.2, 0.25) is 0 Å². The van der Waals surface area contributed by atoms with E-state index in [-0.39, 0.29) is 11.7 Å². The molecular weight excluding hydrogens is 530 g/mol. The number of aromatic amines is 1. The highest BCUT2D eigenvalue weighted by Gasteiger charge is 2.33. The molecule has 42 heavy (non-hydrogen) atoms. The zero-order chi connectivity index (χ0) is 29.7. The van der Waals surface area contributed by atoms with Gasteiger partial charge in [-0.15, -0.1) is 5.10 Å². The van der Waals surface area contributed by atoms with Crippen molar-refractivity contribution in [1.29, 1.82) is 5.26 Å². The van der Waals surface area contributed by atoms with Gasteiger partial charge in [-0.25, -0.2) is 9.79 Å². The van der Waals surface area contributed by atoms with E-state index < -0.39 is 0 Å². The standard InChI is InChI=1S/C31H35N9O2/c1-18-28(40(31(41)38(18)4)22-10-7-19(8-11-22)13-14-32)26-25(20-9-12-24-21(15-20)16-34-39(24)5)27(35-29(26)33-2)23-17-37(3)36-30(23)42-6/h9,12,15-17,19,22,35H,2,7-8,10-11,13H2,1,3-6H3. The van der Waals surface area contributed by atoms with Gasteiger partial charge in [0.2, 0.25) is 5.88 Å². The third-order valence-electron chi connectivity index (χ3n) is 8.81. The Balaban J connectivity index is 1.65. The number of hydrogen-bond donors (Lipinski definition) is 1. The van der Waals surface area contributed by atoms with Crippen LogP contribution >= 0.6 is 0 Å². The Bertz CT molecular complexity index is 1920. The third kappa shape index (κ3) is 4.26. The second-order valence-electron chi connectivity index (χ2n) is 11.2. The number of benzene rings is 1. The van der Waals surface area contributed by atoms with Crippen LogP contribution in [-0.4, -0.2) is 47.5 Å². The van der Waals surface area contributed by atoms with E-state index in [2.05, 4.69) is 51.2 Å². The van der Waals surface area contributed by atoms with E-state index in [1.807, 2.05) is 49.7 Å². The van der Waals surface area contributed by atoms with E-state index in [1.165, 1.54) is 0 Å². The van der Waals surface area contributed by atoms with Crippen LogP contribution in [0.25, 0.3) is 44.5 Å². The first-order valence-corrected chi connectivity index (χ1v) is 14.1. The summed E-state index contributed by atoms with van der Waals surface area (Å²) < 4.78 is 12.9. The first kappa shape index (κ1) is 27.3. The van der Waals surface area contributed by atoms with Crippen LogP contribution in [0, 0.1) is 24.2 Å². The molecule has 0 bridgehead atoms. The van der Waals surface area contributed by atoms with Crippen molar-refractivity contribution in [2.24, 2.45) is 32.1 Å². The number of imidazole rings is 1. The zero-order valence-electron chi connectivity index (χ0n) is 24.7. The Labute approximate surface area is 243 Å². The Morgan fingerprint density at radius 1 is 1.19 bits per heavy atom. The number of aliphatic imine (C=N–C) groups is 1. The normalized spacial score (nSPS) is 17.0. The van der Waals surface area contributed by atoms with Crippen molar-refractivity contribution in [3.05, 3.63) is 46.8 Å². The molecule has 216 valence electrons. The van der Waals surface area contributed by atoms with E-state index in [0.29, 0.717) is 24.0 Å². The molecule has 1 aromatic carbocycles. The minimum Gasteiger partial charge on any atom is -0.479 e. The molecule has 0 spiro atoms. The number of aryl methyl sites for hydroxylation is 2. The maximum Gasteiger partial charge on any atom is 0.328 e. The molecule has 1 aliphatic rings. The second-order valence-corrected chi connectivity index (χ2v) is 11.2. The lowest BCUT2D eigenvalue weighted by Gasteiger charge is -2.29. The molecule has 0 atom stereocenters. The lowest BCUT2D eigenvalue weighted by atomic mass is 9.84. The molecule has 1 fully saturated rings. The number of nitrogens with one attached hydrogen (secondary N) is 1. The van der Waals surface area contributed by atoms with Crippen molar-refractivity contribution in [3.8, 4) is 45.6 Å². The van der Waals surface area contributed by atoms with Gasteiger partial charge in [-0.2, -0.15) is 10.4 Å². The molecule has 6 rings (SSSR count). The van der Waals surface area contributed by atoms with E-state index in [0.717, 1.165) is 75.9 Å². The highest BCUT2D eigenvalue weighted by molar-refractivity contribution is 6.01. The van der Waals surface area contributed by atoms with Gasteiger partial charge < -0.3 is 9.72 Å². The number of methoxy groups -OCH3 is 1. The molecular formula is C31H35N9O2. The minimum atomic E-state index is -0.0587. The number of H-pyrrole nitrogens is 1. The average molecular weight is 566 g/mol. The van der Waals surface area contributed by atoms with Gasteiger partial charge in [-0.1, -0.05) is 6.07 Å². The van der Waals surface area contributed by atoms with Gasteiger partial charge in [0.25, 0.3) is 0 Å². The number of hydrogen-bond acceptors (Lipinski definition) is 6. The SMILES string of the molecule is C=Nc1[nH]c(-c2cn(C)nc2OC)c(-c2ccc3c(cnn3C)c2)c1-c1c(C)n(C)c(=O)n1C1CCC(CC#N)CC1. The van der Waals surface area contributed by atoms with Crippen LogP contribution in [0.3, 0.4) is 0 Å². The molecule has 1 aliphatic carbocycles. The van der Waals surface area contributed by atoms with Gasteiger partial charge in [0.15, 0.2) is 0 Å². The van der Waals surface area contributed by atoms with E-state index in [4.69, 9.17) is 4.74 Å². The van der Waals surface area contributed by atoms with Gasteiger partial charge in [0, 0.05) is 56.4 Å². The number of aromatic nitrogens is 7. The van der Waals surface area contributed by atoms with Crippen molar-refractivity contribution in [1.82, 2.24) is 33.7 Å². The summed E-state index contributed by atoms with van der Waals surface area (Å²) in [6, 6.07) is 8.58. The summed E-state index contributed by atoms with van der Waals surface area (Å²) >= 11 is 0. The predicted molar refractivity (Wildman–Crippen MR) is 163 cm³/mol. The number of nitriles is 1. The molecule has 0 aliphatic heterocycles. The van der Waals surface area contributed by atoms with Crippen LogP contribution in [0.1, 0.15) is 43.8 Å². The summed E-state index contributed by atoms with van der Waals surface area (Å²) in [6.45, 7) is 5.90. The summed E-state index contributed by atoms with van der Waals surface area (Å²) in [5.41, 5.74) is 6.81. The van der Waals surface area contributed by atoms with Crippen molar-refractivity contribution in [3.63, 3.8) is 0 Å². The van der Waals surface area contributed by atoms with Crippen LogP contribution in [0.4, 0.5) is 5.82 Å². The monoisotopic (exact) mass is 565 g/mol. The van der Waals surface area contributed by atoms with E-state index >= 15 is 0 Å². The van der Waals surface area contributed by atoms with Crippen LogP contribution in [0.15, 0.2) is 40.4 Å². The minimum absolute atomic E-state index is 0.0138. The fourth-order valence-electron chi connectivity index (χ4n) is 6.55. The Morgan fingerprint density at radius 2 is 1.95 bits per heavy atom. The van der Waals surface area contributed by atoms with Gasteiger partial charge in [0.1, 0.15) is 5.82 Å². The molecule has 11 heteroatoms. The molecule has 0 unspecified atom stereocenters. The Hall–Kier alpha value is -4.85. The summed E-state index contributed by atoms with van der Waals surface area (Å²) in [5, 5.41) is 19.2. The molecule has 11 nitrogen and oxygen atoms in total. The number of nitrogens with zero attached hydrogens (tertiary/aromatic N) is 8. The number of rotatable bonds is 7. The summed E-state index contributed by atoms with van der Waals surface area (Å²) in [4.78, 5) is 21.8. The number of fused-ring (bicyclic) bond motifs is 1. The molecule has 0 saturated heterocycles. The van der Waals surface area contributed by atoms with Crippen LogP contribution in [-0.2, 0) is 21.1 Å². The smallest absolute Gasteiger partial charge is 0.328 e. The summed E-state index contributed by atoms with van der Waals surface area (Å²) in [5.74, 6) is 1.42. The lowest BCUT2D eigenvalue weighted by Crippen LogP contribution is -2.29. The number of ether oxygens (including phenoxy) is 1. The first-order chi connectivity index (χ1) is 20.3. The maximum atomic E-state index is 13.9. The summed E-state index contributed by atoms with van der Waals surface area (Å²) in [7, 11) is 7.20. The molecule has 0 radical (unpaired) electrons. The van der Waals surface area contributed by atoms with Gasteiger partial charge >= 0.3 is 5.69 Å². The highest BCUT2D eigenvalue weighted by atomic mass is 16.5. The fraction of sp³-hybridized carbons (Fsp3) is 0.387. The van der Waals surface area contributed by atoms with Gasteiger partial charge in [-0.05, 0) is 62.9 Å². The topological polar surface area (TPSA) is 124 Å². The third-order valence-corrected chi connectivity index (χ3v) is 8.81. The average Bonchev–Trinajstić information content (AvgIpc) is 3.73. The second kappa shape index (κ2) is 10.5. The Morgan fingerprint density at radius 3 is 2.64 bits per heavy atom. The van der Waals surface area contributed by atoms with Crippen LogP contribution in [0.5, 0.6) is 5.88 Å². The zero-order valence-corrected chi connectivity index (χ0v) is 24.7. The molecule has 1 N–H and O–H groups in total. The fourth-order valence-corrected chi connectivity index (χ4v) is 6.55. The van der Waals surface area contributed by atoms with Crippen molar-refractivity contribution in [2.75, 3.05) is 7.11 Å². The van der Waals surface area contributed by atoms with Gasteiger partial charge in [0.05, 0.1) is 47.4 Å². The first-order valence-electron chi connectivity index (χ1n) is 14.1. The lowest BCUT2D eigenvalue weighted by molar-refractivity contribution is 0.274.